The fourth-order valence-electron chi connectivity index (χ4n) is 0.967. The quantitative estimate of drug-likeness (QED) is 0.733. The molecule has 0 fully saturated rings. The van der Waals surface area contributed by atoms with Crippen molar-refractivity contribution in [3.8, 4) is 0 Å². The van der Waals surface area contributed by atoms with Gasteiger partial charge in [0.05, 0.1) is 0 Å². The molecule has 78 valence electrons. The number of amides is 1. The van der Waals surface area contributed by atoms with E-state index in [1.54, 1.807) is 13.8 Å². The van der Waals surface area contributed by atoms with E-state index in [0.29, 0.717) is 18.0 Å². The van der Waals surface area contributed by atoms with Crippen molar-refractivity contribution in [2.75, 3.05) is 6.54 Å². The second-order valence-electron chi connectivity index (χ2n) is 3.40. The van der Waals surface area contributed by atoms with Crippen molar-refractivity contribution < 1.29 is 9.32 Å². The van der Waals surface area contributed by atoms with E-state index in [4.69, 9.17) is 10.3 Å². The lowest BCUT2D eigenvalue weighted by atomic mass is 10.2. The summed E-state index contributed by atoms with van der Waals surface area (Å²) in [5.41, 5.74) is 6.61. The Morgan fingerprint density at radius 2 is 2.29 bits per heavy atom. The van der Waals surface area contributed by atoms with Gasteiger partial charge in [-0.25, -0.2) is 0 Å². The Morgan fingerprint density at radius 1 is 1.64 bits per heavy atom. The molecule has 0 bridgehead atoms. The molecule has 0 aliphatic rings. The molecule has 1 aromatic rings. The zero-order valence-electron chi connectivity index (χ0n) is 8.63. The number of aromatic nitrogens is 1. The van der Waals surface area contributed by atoms with E-state index in [1.165, 1.54) is 0 Å². The highest BCUT2D eigenvalue weighted by atomic mass is 16.5. The second-order valence-corrected chi connectivity index (χ2v) is 3.40. The Labute approximate surface area is 82.6 Å². The summed E-state index contributed by atoms with van der Waals surface area (Å²) in [5.74, 6) is 0.424. The first-order chi connectivity index (χ1) is 6.52. The number of nitrogens with one attached hydrogen (secondary N) is 1. The maximum Gasteiger partial charge on any atom is 0.273 e. The van der Waals surface area contributed by atoms with Gasteiger partial charge in [-0.3, -0.25) is 4.79 Å². The van der Waals surface area contributed by atoms with Crippen molar-refractivity contribution in [2.45, 2.75) is 26.8 Å². The van der Waals surface area contributed by atoms with Crippen molar-refractivity contribution in [3.05, 3.63) is 17.0 Å². The molecule has 0 radical (unpaired) electrons. The van der Waals surface area contributed by atoms with Gasteiger partial charge in [-0.15, -0.1) is 0 Å². The minimum Gasteiger partial charge on any atom is -0.361 e. The molecule has 1 aromatic heterocycles. The van der Waals surface area contributed by atoms with Gasteiger partial charge in [-0.05, 0) is 20.8 Å². The first kappa shape index (κ1) is 10.7. The topological polar surface area (TPSA) is 81.2 Å². The number of hydrogen-bond donors (Lipinski definition) is 2. The summed E-state index contributed by atoms with van der Waals surface area (Å²) in [7, 11) is 0. The van der Waals surface area contributed by atoms with Gasteiger partial charge in [0, 0.05) is 18.2 Å². The molecule has 0 saturated heterocycles. The van der Waals surface area contributed by atoms with E-state index >= 15 is 0 Å². The number of hydrogen-bond acceptors (Lipinski definition) is 4. The van der Waals surface area contributed by atoms with Gasteiger partial charge in [0.25, 0.3) is 5.91 Å². The number of nitrogens with two attached hydrogens (primary N) is 1. The van der Waals surface area contributed by atoms with Crippen molar-refractivity contribution in [1.82, 2.24) is 10.5 Å². The summed E-state index contributed by atoms with van der Waals surface area (Å²) in [6, 6.07) is -0.0627. The van der Waals surface area contributed by atoms with Gasteiger partial charge >= 0.3 is 0 Å². The fourth-order valence-corrected chi connectivity index (χ4v) is 0.967. The summed E-state index contributed by atoms with van der Waals surface area (Å²) in [6.45, 7) is 5.82. The summed E-state index contributed by atoms with van der Waals surface area (Å²) in [4.78, 5) is 11.5. The van der Waals surface area contributed by atoms with E-state index in [-0.39, 0.29) is 11.9 Å². The van der Waals surface area contributed by atoms with Gasteiger partial charge in [0.2, 0.25) is 0 Å². The van der Waals surface area contributed by atoms with Crippen LogP contribution in [-0.2, 0) is 0 Å². The third-order valence-corrected chi connectivity index (χ3v) is 1.96. The third-order valence-electron chi connectivity index (χ3n) is 1.96. The molecule has 0 aromatic carbocycles. The average molecular weight is 197 g/mol. The minimum absolute atomic E-state index is 0.0627. The van der Waals surface area contributed by atoms with Crippen molar-refractivity contribution in [2.24, 2.45) is 5.73 Å². The average Bonchev–Trinajstić information content (AvgIpc) is 2.44. The first-order valence-corrected chi connectivity index (χ1v) is 4.49. The van der Waals surface area contributed by atoms with Gasteiger partial charge in [0.1, 0.15) is 5.76 Å². The standard InChI is InChI=1S/C9H15N3O2/c1-5(10)4-11-9(13)8-6(2)7(3)14-12-8/h5H,4,10H2,1-3H3,(H,11,13). The van der Waals surface area contributed by atoms with Gasteiger partial charge in [-0.1, -0.05) is 5.16 Å². The van der Waals surface area contributed by atoms with Gasteiger partial charge in [-0.2, -0.15) is 0 Å². The molecule has 5 nitrogen and oxygen atoms in total. The number of rotatable bonds is 3. The monoisotopic (exact) mass is 197 g/mol. The molecule has 1 unspecified atom stereocenters. The molecule has 1 atom stereocenters. The van der Waals surface area contributed by atoms with Crippen LogP contribution in [0.2, 0.25) is 0 Å². The minimum atomic E-state index is -0.239. The lowest BCUT2D eigenvalue weighted by Gasteiger charge is -2.05. The van der Waals surface area contributed by atoms with Crippen LogP contribution in [0.15, 0.2) is 4.52 Å². The highest BCUT2D eigenvalue weighted by Crippen LogP contribution is 2.10. The van der Waals surface area contributed by atoms with Crippen LogP contribution in [0.4, 0.5) is 0 Å². The highest BCUT2D eigenvalue weighted by Gasteiger charge is 2.15. The van der Waals surface area contributed by atoms with E-state index in [9.17, 15) is 4.79 Å². The molecule has 1 rings (SSSR count). The number of aryl methyl sites for hydroxylation is 1. The summed E-state index contributed by atoms with van der Waals surface area (Å²) >= 11 is 0. The van der Waals surface area contributed by atoms with Crippen LogP contribution in [0.5, 0.6) is 0 Å². The molecular formula is C9H15N3O2. The van der Waals surface area contributed by atoms with Crippen LogP contribution < -0.4 is 11.1 Å². The van der Waals surface area contributed by atoms with Crippen molar-refractivity contribution in [3.63, 3.8) is 0 Å². The smallest absolute Gasteiger partial charge is 0.273 e. The SMILES string of the molecule is Cc1onc(C(=O)NCC(C)N)c1C. The van der Waals surface area contributed by atoms with Gasteiger partial charge < -0.3 is 15.6 Å². The molecule has 5 heteroatoms. The van der Waals surface area contributed by atoms with E-state index in [1.807, 2.05) is 6.92 Å². The maximum atomic E-state index is 11.5. The molecule has 0 aliphatic heterocycles. The molecular weight excluding hydrogens is 182 g/mol. The number of nitrogens with zero attached hydrogens (tertiary/aromatic N) is 1. The predicted molar refractivity (Wildman–Crippen MR) is 52.0 cm³/mol. The normalized spacial score (nSPS) is 12.6. The van der Waals surface area contributed by atoms with Crippen LogP contribution in [0.3, 0.4) is 0 Å². The van der Waals surface area contributed by atoms with E-state index in [0.717, 1.165) is 5.56 Å². The molecule has 0 spiro atoms. The van der Waals surface area contributed by atoms with E-state index < -0.39 is 0 Å². The molecule has 1 heterocycles. The zero-order valence-corrected chi connectivity index (χ0v) is 8.63. The van der Waals surface area contributed by atoms with Crippen LogP contribution in [0.25, 0.3) is 0 Å². The van der Waals surface area contributed by atoms with Gasteiger partial charge in [0.15, 0.2) is 5.69 Å². The Morgan fingerprint density at radius 3 is 2.71 bits per heavy atom. The summed E-state index contributed by atoms with van der Waals surface area (Å²) in [5, 5.41) is 6.33. The zero-order chi connectivity index (χ0) is 10.7. The van der Waals surface area contributed by atoms with Crippen LogP contribution in [0, 0.1) is 13.8 Å². The third kappa shape index (κ3) is 2.32. The van der Waals surface area contributed by atoms with Crippen LogP contribution in [-0.4, -0.2) is 23.7 Å². The molecule has 1 amide bonds. The molecule has 0 aliphatic carbocycles. The summed E-state index contributed by atoms with van der Waals surface area (Å²) in [6.07, 6.45) is 0. The molecule has 0 saturated carbocycles. The number of carbonyl (C=O) groups is 1. The Balaban J connectivity index is 2.66. The summed E-state index contributed by atoms with van der Waals surface area (Å²) < 4.78 is 4.88. The molecule has 14 heavy (non-hydrogen) atoms. The fraction of sp³-hybridized carbons (Fsp3) is 0.556. The lowest BCUT2D eigenvalue weighted by Crippen LogP contribution is -2.35. The van der Waals surface area contributed by atoms with Crippen molar-refractivity contribution >= 4 is 5.91 Å². The van der Waals surface area contributed by atoms with Crippen molar-refractivity contribution in [1.29, 1.82) is 0 Å². The van der Waals surface area contributed by atoms with Crippen LogP contribution in [0.1, 0.15) is 28.7 Å². The predicted octanol–water partition coefficient (Wildman–Crippen LogP) is 0.368. The maximum absolute atomic E-state index is 11.5. The first-order valence-electron chi connectivity index (χ1n) is 4.49. The number of carbonyl (C=O) groups excluding carboxylic acids is 1. The Hall–Kier alpha value is -1.36. The second kappa shape index (κ2) is 4.23. The van der Waals surface area contributed by atoms with Crippen LogP contribution >= 0.6 is 0 Å². The Bertz CT molecular complexity index is 331. The Kier molecular flexibility index (Phi) is 3.24. The highest BCUT2D eigenvalue weighted by molar-refractivity contribution is 5.93. The molecule has 3 N–H and O–H groups in total. The largest absolute Gasteiger partial charge is 0.361 e. The lowest BCUT2D eigenvalue weighted by molar-refractivity contribution is 0.0942. The van der Waals surface area contributed by atoms with E-state index in [2.05, 4.69) is 10.5 Å².